The summed E-state index contributed by atoms with van der Waals surface area (Å²) in [7, 11) is 0. The van der Waals surface area contributed by atoms with Crippen LogP contribution < -0.4 is 10.6 Å². The van der Waals surface area contributed by atoms with Gasteiger partial charge in [-0.25, -0.2) is 9.78 Å². The number of rotatable bonds is 10. The standard InChI is InChI=1S/C27H32N4O3S.2ClH/c32-26(34-20-27-11-15-31(16-12-27)17-13-27)30-24-23(22-9-5-2-6-10-22)35-25(29-24)28-14-18-33-19-21-7-3-1-4-8-21;;/h1-10H,11-20H2,(H,28,29)(H,30,32);2*1H. The number of nitrogens with zero attached hydrogens (tertiary/aromatic N) is 2. The zero-order valence-corrected chi connectivity index (χ0v) is 23.1. The van der Waals surface area contributed by atoms with E-state index in [9.17, 15) is 4.79 Å². The molecule has 3 aromatic rings. The van der Waals surface area contributed by atoms with Crippen LogP contribution in [0.4, 0.5) is 15.7 Å². The molecule has 3 fully saturated rings. The van der Waals surface area contributed by atoms with Crippen LogP contribution in [-0.4, -0.2) is 55.4 Å². The highest BCUT2D eigenvalue weighted by atomic mass is 35.5. The van der Waals surface area contributed by atoms with E-state index in [4.69, 9.17) is 9.47 Å². The molecule has 1 aromatic heterocycles. The van der Waals surface area contributed by atoms with Gasteiger partial charge in [-0.3, -0.25) is 5.32 Å². The molecule has 6 rings (SSSR count). The van der Waals surface area contributed by atoms with Crippen molar-refractivity contribution in [2.24, 2.45) is 5.41 Å². The Kier molecular flexibility index (Phi) is 11.0. The van der Waals surface area contributed by atoms with Crippen LogP contribution in [-0.2, 0) is 16.1 Å². The Bertz CT molecular complexity index is 1100. The van der Waals surface area contributed by atoms with Gasteiger partial charge >= 0.3 is 6.09 Å². The number of amides is 1. The Balaban J connectivity index is 0.00000190. The summed E-state index contributed by atoms with van der Waals surface area (Å²) in [6.45, 7) is 5.56. The molecule has 0 atom stereocenters. The maximum atomic E-state index is 12.7. The number of thiazole rings is 1. The Morgan fingerprint density at radius 3 is 2.30 bits per heavy atom. The number of anilines is 2. The Morgan fingerprint density at radius 1 is 0.973 bits per heavy atom. The van der Waals surface area contributed by atoms with Crippen LogP contribution in [0.15, 0.2) is 60.7 Å². The predicted octanol–water partition coefficient (Wildman–Crippen LogP) is 6.32. The van der Waals surface area contributed by atoms with Crippen molar-refractivity contribution in [1.29, 1.82) is 0 Å². The summed E-state index contributed by atoms with van der Waals surface area (Å²) >= 11 is 1.51. The summed E-state index contributed by atoms with van der Waals surface area (Å²) in [5, 5.41) is 6.96. The molecule has 37 heavy (non-hydrogen) atoms. The second-order valence-electron chi connectivity index (χ2n) is 9.32. The minimum Gasteiger partial charge on any atom is -0.449 e. The van der Waals surface area contributed by atoms with Crippen LogP contribution in [0.25, 0.3) is 10.4 Å². The molecule has 4 heterocycles. The lowest BCUT2D eigenvalue weighted by molar-refractivity contribution is -0.0190. The number of aromatic nitrogens is 1. The third-order valence-electron chi connectivity index (χ3n) is 6.90. The van der Waals surface area contributed by atoms with Crippen molar-refractivity contribution in [2.45, 2.75) is 25.9 Å². The first-order valence-corrected chi connectivity index (χ1v) is 13.1. The van der Waals surface area contributed by atoms with E-state index >= 15 is 0 Å². The van der Waals surface area contributed by atoms with Gasteiger partial charge in [0.15, 0.2) is 10.9 Å². The summed E-state index contributed by atoms with van der Waals surface area (Å²) < 4.78 is 11.5. The topological polar surface area (TPSA) is 75.7 Å². The van der Waals surface area contributed by atoms with E-state index < -0.39 is 6.09 Å². The molecule has 3 saturated heterocycles. The number of nitrogens with one attached hydrogen (secondary N) is 2. The van der Waals surface area contributed by atoms with Crippen LogP contribution in [0, 0.1) is 5.41 Å². The smallest absolute Gasteiger partial charge is 0.412 e. The molecule has 3 aliphatic rings. The number of carbonyl (C=O) groups excluding carboxylic acids is 1. The van der Waals surface area contributed by atoms with Crippen molar-refractivity contribution in [3.05, 3.63) is 66.2 Å². The largest absolute Gasteiger partial charge is 0.449 e. The van der Waals surface area contributed by atoms with Crippen molar-refractivity contribution in [1.82, 2.24) is 9.88 Å². The van der Waals surface area contributed by atoms with Gasteiger partial charge in [0.2, 0.25) is 0 Å². The van der Waals surface area contributed by atoms with Gasteiger partial charge in [-0.05, 0) is 50.0 Å². The fourth-order valence-electron chi connectivity index (χ4n) is 4.72. The van der Waals surface area contributed by atoms with E-state index in [2.05, 4.69) is 20.5 Å². The van der Waals surface area contributed by atoms with Crippen LogP contribution in [0.2, 0.25) is 0 Å². The predicted molar refractivity (Wildman–Crippen MR) is 154 cm³/mol. The first-order chi connectivity index (χ1) is 17.2. The summed E-state index contributed by atoms with van der Waals surface area (Å²) in [6, 6.07) is 20.1. The molecule has 3 aliphatic heterocycles. The molecule has 7 nitrogen and oxygen atoms in total. The van der Waals surface area contributed by atoms with Gasteiger partial charge in [-0.2, -0.15) is 0 Å². The fourth-order valence-corrected chi connectivity index (χ4v) is 5.68. The van der Waals surface area contributed by atoms with E-state index in [1.54, 1.807) is 0 Å². The quantitative estimate of drug-likeness (QED) is 0.281. The average Bonchev–Trinajstić information content (AvgIpc) is 3.32. The van der Waals surface area contributed by atoms with Crippen LogP contribution >= 0.6 is 36.2 Å². The van der Waals surface area contributed by atoms with Crippen LogP contribution in [0.3, 0.4) is 0 Å². The molecule has 10 heteroatoms. The normalized spacial score (nSPS) is 19.8. The van der Waals surface area contributed by atoms with Gasteiger partial charge in [-0.15, -0.1) is 24.8 Å². The number of carbonyl (C=O) groups is 1. The zero-order chi connectivity index (χ0) is 23.9. The van der Waals surface area contributed by atoms with Gasteiger partial charge in [0.1, 0.15) is 0 Å². The van der Waals surface area contributed by atoms with Crippen LogP contribution in [0.1, 0.15) is 24.8 Å². The van der Waals surface area contributed by atoms with Crippen molar-refractivity contribution in [3.8, 4) is 10.4 Å². The van der Waals surface area contributed by atoms with Gasteiger partial charge in [0, 0.05) is 12.0 Å². The minimum absolute atomic E-state index is 0. The summed E-state index contributed by atoms with van der Waals surface area (Å²) in [5.74, 6) is 0.523. The molecular formula is C27H34Cl2N4O3S. The number of hydrogen-bond donors (Lipinski definition) is 2. The first kappa shape index (κ1) is 29.2. The molecule has 1 amide bonds. The molecule has 2 N–H and O–H groups in total. The van der Waals surface area contributed by atoms with E-state index in [1.165, 1.54) is 11.3 Å². The molecule has 0 radical (unpaired) electrons. The zero-order valence-electron chi connectivity index (χ0n) is 20.7. The number of benzene rings is 2. The molecular weight excluding hydrogens is 531 g/mol. The summed E-state index contributed by atoms with van der Waals surface area (Å²) in [4.78, 5) is 20.8. The number of halogens is 2. The van der Waals surface area contributed by atoms with Crippen molar-refractivity contribution in [2.75, 3.05) is 50.0 Å². The lowest BCUT2D eigenvalue weighted by atomic mass is 9.73. The Hall–Kier alpha value is -2.36. The fraction of sp³-hybridized carbons (Fsp3) is 0.407. The SMILES string of the molecule is Cl.Cl.O=C(Nc1nc(NCCOCc2ccccc2)sc1-c1ccccc1)OCC12CCN(CC1)CC2. The van der Waals surface area contributed by atoms with Crippen molar-refractivity contribution >= 4 is 53.2 Å². The third-order valence-corrected chi connectivity index (χ3v) is 7.96. The van der Waals surface area contributed by atoms with Crippen molar-refractivity contribution < 1.29 is 14.3 Å². The minimum atomic E-state index is -0.437. The molecule has 0 unspecified atom stereocenters. The maximum Gasteiger partial charge on any atom is 0.412 e. The highest BCUT2D eigenvalue weighted by molar-refractivity contribution is 7.19. The average molecular weight is 566 g/mol. The van der Waals surface area contributed by atoms with E-state index in [1.807, 2.05) is 60.7 Å². The highest BCUT2D eigenvalue weighted by Crippen LogP contribution is 2.40. The second kappa shape index (κ2) is 14.0. The maximum absolute atomic E-state index is 12.7. The van der Waals surface area contributed by atoms with Gasteiger partial charge in [0.05, 0.1) is 24.7 Å². The monoisotopic (exact) mass is 564 g/mol. The summed E-state index contributed by atoms with van der Waals surface area (Å²) in [5.41, 5.74) is 2.30. The van der Waals surface area contributed by atoms with Gasteiger partial charge in [0.25, 0.3) is 0 Å². The number of fused-ring (bicyclic) bond motifs is 3. The number of hydrogen-bond acceptors (Lipinski definition) is 7. The molecule has 0 aliphatic carbocycles. The van der Waals surface area contributed by atoms with Gasteiger partial charge < -0.3 is 19.7 Å². The van der Waals surface area contributed by atoms with E-state index in [0.29, 0.717) is 32.2 Å². The molecule has 2 bridgehead atoms. The van der Waals surface area contributed by atoms with E-state index in [0.717, 1.165) is 60.0 Å². The molecule has 0 saturated carbocycles. The molecule has 2 aromatic carbocycles. The number of ether oxygens (including phenoxy) is 2. The number of piperidine rings is 3. The molecule has 0 spiro atoms. The van der Waals surface area contributed by atoms with Crippen molar-refractivity contribution in [3.63, 3.8) is 0 Å². The molecule has 200 valence electrons. The first-order valence-electron chi connectivity index (χ1n) is 12.3. The second-order valence-corrected chi connectivity index (χ2v) is 10.3. The Labute approximate surface area is 234 Å². The highest BCUT2D eigenvalue weighted by Gasteiger charge is 2.40. The third kappa shape index (κ3) is 7.82. The van der Waals surface area contributed by atoms with E-state index in [-0.39, 0.29) is 30.2 Å². The van der Waals surface area contributed by atoms with Gasteiger partial charge in [-0.1, -0.05) is 72.0 Å². The lowest BCUT2D eigenvalue weighted by Crippen LogP contribution is -2.50. The summed E-state index contributed by atoms with van der Waals surface area (Å²) in [6.07, 6.45) is 2.87. The van der Waals surface area contributed by atoms with Crippen LogP contribution in [0.5, 0.6) is 0 Å². The Morgan fingerprint density at radius 2 is 1.62 bits per heavy atom. The lowest BCUT2D eigenvalue weighted by Gasteiger charge is -2.47.